The van der Waals surface area contributed by atoms with Gasteiger partial charge in [-0.1, -0.05) is 18.5 Å². The number of nitrogen functional groups attached to an aromatic ring is 1. The summed E-state index contributed by atoms with van der Waals surface area (Å²) in [7, 11) is 3.44. The maximum atomic E-state index is 6.28. The first-order valence-corrected chi connectivity index (χ1v) is 6.71. The lowest BCUT2D eigenvalue weighted by atomic mass is 10.3. The van der Waals surface area contributed by atoms with Gasteiger partial charge in [-0.3, -0.25) is 4.68 Å². The first-order chi connectivity index (χ1) is 9.56. The van der Waals surface area contributed by atoms with Crippen molar-refractivity contribution in [2.24, 2.45) is 7.05 Å². The van der Waals surface area contributed by atoms with Crippen molar-refractivity contribution in [1.29, 1.82) is 0 Å². The number of aromatic nitrogens is 2. The Kier molecular flexibility index (Phi) is 4.39. The third-order valence-electron chi connectivity index (χ3n) is 3.09. The number of benzene rings is 1. The zero-order valence-corrected chi connectivity index (χ0v) is 12.6. The van der Waals surface area contributed by atoms with Gasteiger partial charge in [0.15, 0.2) is 0 Å². The first-order valence-electron chi connectivity index (χ1n) is 6.33. The lowest BCUT2D eigenvalue weighted by molar-refractivity contribution is 0.294. The van der Waals surface area contributed by atoms with E-state index in [-0.39, 0.29) is 0 Å². The van der Waals surface area contributed by atoms with Gasteiger partial charge in [0.2, 0.25) is 0 Å². The zero-order valence-electron chi connectivity index (χ0n) is 11.8. The van der Waals surface area contributed by atoms with Crippen molar-refractivity contribution >= 4 is 17.3 Å². The van der Waals surface area contributed by atoms with E-state index in [1.54, 1.807) is 30.0 Å². The normalized spacial score (nSPS) is 10.6. The summed E-state index contributed by atoms with van der Waals surface area (Å²) in [6.45, 7) is 2.32. The summed E-state index contributed by atoms with van der Waals surface area (Å²) in [5.41, 5.74) is 8.13. The summed E-state index contributed by atoms with van der Waals surface area (Å²) >= 11 is 6.28. The highest BCUT2D eigenvalue weighted by atomic mass is 35.5. The SMILES string of the molecule is CCc1nn(C)c(COc2cc(OC)ccc2N)c1Cl. The molecule has 0 aliphatic heterocycles. The fourth-order valence-corrected chi connectivity index (χ4v) is 2.24. The van der Waals surface area contributed by atoms with E-state index in [1.165, 1.54) is 0 Å². The lowest BCUT2D eigenvalue weighted by Gasteiger charge is -2.10. The van der Waals surface area contributed by atoms with Crippen LogP contribution in [0.15, 0.2) is 18.2 Å². The molecular formula is C14H18ClN3O2. The van der Waals surface area contributed by atoms with Gasteiger partial charge in [-0.2, -0.15) is 5.10 Å². The summed E-state index contributed by atoms with van der Waals surface area (Å²) < 4.78 is 12.6. The summed E-state index contributed by atoms with van der Waals surface area (Å²) in [6.07, 6.45) is 0.786. The molecule has 1 aromatic carbocycles. The van der Waals surface area contributed by atoms with Crippen molar-refractivity contribution in [3.63, 3.8) is 0 Å². The Hall–Kier alpha value is -1.88. The van der Waals surface area contributed by atoms with Gasteiger partial charge in [-0.25, -0.2) is 0 Å². The van der Waals surface area contributed by atoms with E-state index in [1.807, 2.05) is 14.0 Å². The molecule has 20 heavy (non-hydrogen) atoms. The quantitative estimate of drug-likeness (QED) is 0.862. The Bertz CT molecular complexity index is 611. The minimum Gasteiger partial charge on any atom is -0.497 e. The number of rotatable bonds is 5. The molecule has 1 heterocycles. The van der Waals surface area contributed by atoms with Gasteiger partial charge in [0.1, 0.15) is 18.1 Å². The predicted molar refractivity (Wildman–Crippen MR) is 79.3 cm³/mol. The second-order valence-corrected chi connectivity index (χ2v) is 4.75. The van der Waals surface area contributed by atoms with Crippen molar-refractivity contribution in [2.75, 3.05) is 12.8 Å². The number of aryl methyl sites for hydroxylation is 2. The summed E-state index contributed by atoms with van der Waals surface area (Å²) in [5, 5.41) is 5.00. The van der Waals surface area contributed by atoms with Crippen LogP contribution in [0.25, 0.3) is 0 Å². The van der Waals surface area contributed by atoms with Gasteiger partial charge in [-0.15, -0.1) is 0 Å². The van der Waals surface area contributed by atoms with Crippen LogP contribution in [0.1, 0.15) is 18.3 Å². The third kappa shape index (κ3) is 2.82. The van der Waals surface area contributed by atoms with Gasteiger partial charge >= 0.3 is 0 Å². The van der Waals surface area contributed by atoms with E-state index >= 15 is 0 Å². The molecule has 0 bridgehead atoms. The number of halogens is 1. The van der Waals surface area contributed by atoms with Crippen LogP contribution in [0.3, 0.4) is 0 Å². The van der Waals surface area contributed by atoms with Crippen molar-refractivity contribution in [3.8, 4) is 11.5 Å². The Balaban J connectivity index is 2.18. The van der Waals surface area contributed by atoms with Gasteiger partial charge in [0.05, 0.1) is 29.2 Å². The monoisotopic (exact) mass is 295 g/mol. The lowest BCUT2D eigenvalue weighted by Crippen LogP contribution is -2.05. The maximum absolute atomic E-state index is 6.28. The van der Waals surface area contributed by atoms with Crippen LogP contribution in [0.2, 0.25) is 5.02 Å². The number of nitrogens with zero attached hydrogens (tertiary/aromatic N) is 2. The van der Waals surface area contributed by atoms with E-state index in [2.05, 4.69) is 5.10 Å². The molecule has 0 amide bonds. The standard InChI is InChI=1S/C14H18ClN3O2/c1-4-11-14(15)12(18(2)17-11)8-20-13-7-9(19-3)5-6-10(13)16/h5-7H,4,8,16H2,1-3H3. The molecule has 2 N–H and O–H groups in total. The van der Waals surface area contributed by atoms with Gasteiger partial charge < -0.3 is 15.2 Å². The molecule has 0 saturated carbocycles. The average molecular weight is 296 g/mol. The van der Waals surface area contributed by atoms with Crippen LogP contribution in [-0.4, -0.2) is 16.9 Å². The number of hydrogen-bond acceptors (Lipinski definition) is 4. The van der Waals surface area contributed by atoms with Crippen LogP contribution >= 0.6 is 11.6 Å². The second-order valence-electron chi connectivity index (χ2n) is 4.38. The largest absolute Gasteiger partial charge is 0.497 e. The Morgan fingerprint density at radius 2 is 2.15 bits per heavy atom. The molecule has 2 rings (SSSR count). The van der Waals surface area contributed by atoms with Gasteiger partial charge in [0, 0.05) is 13.1 Å². The minimum absolute atomic E-state index is 0.305. The number of anilines is 1. The van der Waals surface area contributed by atoms with Crippen molar-refractivity contribution in [3.05, 3.63) is 34.6 Å². The first kappa shape index (κ1) is 14.5. The summed E-state index contributed by atoms with van der Waals surface area (Å²) in [6, 6.07) is 5.28. The smallest absolute Gasteiger partial charge is 0.146 e. The van der Waals surface area contributed by atoms with Crippen molar-refractivity contribution in [1.82, 2.24) is 9.78 Å². The molecule has 108 valence electrons. The molecule has 0 aliphatic carbocycles. The topological polar surface area (TPSA) is 62.3 Å². The number of ether oxygens (including phenoxy) is 2. The van der Waals surface area contributed by atoms with Gasteiger partial charge in [-0.05, 0) is 18.6 Å². The van der Waals surface area contributed by atoms with Crippen LogP contribution in [0.4, 0.5) is 5.69 Å². The molecule has 0 saturated heterocycles. The highest BCUT2D eigenvalue weighted by Crippen LogP contribution is 2.29. The van der Waals surface area contributed by atoms with E-state index in [4.69, 9.17) is 26.8 Å². The summed E-state index contributed by atoms with van der Waals surface area (Å²) in [5.74, 6) is 1.26. The molecule has 0 fully saturated rings. The molecular weight excluding hydrogens is 278 g/mol. The molecule has 0 aliphatic rings. The Labute approximate surface area is 123 Å². The molecule has 5 nitrogen and oxygen atoms in total. The summed E-state index contributed by atoms with van der Waals surface area (Å²) in [4.78, 5) is 0. The van der Waals surface area contributed by atoms with Crippen molar-refractivity contribution in [2.45, 2.75) is 20.0 Å². The third-order valence-corrected chi connectivity index (χ3v) is 3.52. The van der Waals surface area contributed by atoms with Crippen LogP contribution in [0.5, 0.6) is 11.5 Å². The number of nitrogens with two attached hydrogens (primary N) is 1. The molecule has 1 aromatic heterocycles. The highest BCUT2D eigenvalue weighted by Gasteiger charge is 2.14. The van der Waals surface area contributed by atoms with E-state index < -0.39 is 0 Å². The number of hydrogen-bond donors (Lipinski definition) is 1. The molecule has 0 unspecified atom stereocenters. The minimum atomic E-state index is 0.305. The molecule has 0 atom stereocenters. The van der Waals surface area contributed by atoms with Crippen LogP contribution < -0.4 is 15.2 Å². The maximum Gasteiger partial charge on any atom is 0.146 e. The molecule has 0 radical (unpaired) electrons. The Morgan fingerprint density at radius 3 is 2.75 bits per heavy atom. The average Bonchev–Trinajstić information content (AvgIpc) is 2.73. The predicted octanol–water partition coefficient (Wildman–Crippen LogP) is 2.81. The van der Waals surface area contributed by atoms with E-state index in [9.17, 15) is 0 Å². The molecule has 0 spiro atoms. The zero-order chi connectivity index (χ0) is 14.7. The molecule has 2 aromatic rings. The fourth-order valence-electron chi connectivity index (χ4n) is 1.89. The van der Waals surface area contributed by atoms with Crippen LogP contribution in [-0.2, 0) is 20.1 Å². The van der Waals surface area contributed by atoms with Crippen LogP contribution in [0, 0.1) is 0 Å². The van der Waals surface area contributed by atoms with E-state index in [0.717, 1.165) is 17.8 Å². The molecule has 6 heteroatoms. The fraction of sp³-hybridized carbons (Fsp3) is 0.357. The Morgan fingerprint density at radius 1 is 1.40 bits per heavy atom. The van der Waals surface area contributed by atoms with E-state index in [0.29, 0.717) is 28.8 Å². The second kappa shape index (κ2) is 6.05. The number of methoxy groups -OCH3 is 1. The van der Waals surface area contributed by atoms with Crippen molar-refractivity contribution < 1.29 is 9.47 Å². The van der Waals surface area contributed by atoms with Gasteiger partial charge in [0.25, 0.3) is 0 Å². The highest BCUT2D eigenvalue weighted by molar-refractivity contribution is 6.31.